The molecule has 1 saturated carbocycles. The second kappa shape index (κ2) is 8.35. The summed E-state index contributed by atoms with van der Waals surface area (Å²) in [5.41, 5.74) is 0.522. The molecule has 0 bridgehead atoms. The molecule has 1 amide bonds. The van der Waals surface area contributed by atoms with Gasteiger partial charge in [0.05, 0.1) is 23.3 Å². The molecule has 0 aliphatic heterocycles. The number of nitrogens with zero attached hydrogens (tertiary/aromatic N) is 1. The number of anilines is 1. The number of hydrogen-bond acceptors (Lipinski definition) is 3. The van der Waals surface area contributed by atoms with Gasteiger partial charge in [0.2, 0.25) is 5.91 Å². The van der Waals surface area contributed by atoms with Crippen LogP contribution in [0.15, 0.2) is 60.8 Å². The third-order valence-corrected chi connectivity index (χ3v) is 5.91. The largest absolute Gasteiger partial charge is 0.416 e. The number of alkyl halides is 3. The van der Waals surface area contributed by atoms with Gasteiger partial charge < -0.3 is 10.4 Å². The lowest BCUT2D eigenvalue weighted by Crippen LogP contribution is -2.46. The number of hydrogen-bond donors (Lipinski definition) is 2. The quantitative estimate of drug-likeness (QED) is 0.514. The van der Waals surface area contributed by atoms with Gasteiger partial charge in [0.15, 0.2) is 0 Å². The lowest BCUT2D eigenvalue weighted by molar-refractivity contribution is -0.137. The molecule has 0 radical (unpaired) electrons. The van der Waals surface area contributed by atoms with Crippen LogP contribution in [0.3, 0.4) is 0 Å². The topological polar surface area (TPSA) is 62.2 Å². The first-order valence-electron chi connectivity index (χ1n) is 10.1. The maximum atomic E-state index is 13.1. The average Bonchev–Trinajstić information content (AvgIpc) is 2.74. The molecule has 0 saturated heterocycles. The number of aromatic nitrogens is 1. The Labute approximate surface area is 181 Å². The van der Waals surface area contributed by atoms with E-state index in [-0.39, 0.29) is 11.5 Å². The van der Waals surface area contributed by atoms with Crippen molar-refractivity contribution in [3.8, 4) is 11.1 Å². The van der Waals surface area contributed by atoms with E-state index >= 15 is 0 Å². The zero-order valence-corrected chi connectivity index (χ0v) is 16.9. The van der Waals surface area contributed by atoms with Crippen molar-refractivity contribution < 1.29 is 27.5 Å². The molecule has 0 atom stereocenters. The van der Waals surface area contributed by atoms with Gasteiger partial charge >= 0.3 is 6.18 Å². The van der Waals surface area contributed by atoms with Crippen LogP contribution in [0.5, 0.6) is 0 Å². The molecule has 0 unspecified atom stereocenters. The maximum Gasteiger partial charge on any atom is 0.416 e. The number of aliphatic hydroxyl groups is 1. The molecule has 32 heavy (non-hydrogen) atoms. The van der Waals surface area contributed by atoms with E-state index in [0.29, 0.717) is 35.3 Å². The van der Waals surface area contributed by atoms with Crippen molar-refractivity contribution in [3.05, 3.63) is 83.4 Å². The van der Waals surface area contributed by atoms with E-state index in [1.165, 1.54) is 36.5 Å². The maximum absolute atomic E-state index is 13.1. The van der Waals surface area contributed by atoms with Gasteiger partial charge in [0, 0.05) is 17.4 Å². The van der Waals surface area contributed by atoms with E-state index in [1.807, 2.05) is 0 Å². The molecule has 166 valence electrons. The molecule has 8 heteroatoms. The number of rotatable bonds is 5. The van der Waals surface area contributed by atoms with Crippen LogP contribution < -0.4 is 5.32 Å². The van der Waals surface area contributed by atoms with Crippen molar-refractivity contribution in [3.63, 3.8) is 0 Å². The minimum Gasteiger partial charge on any atom is -0.392 e. The van der Waals surface area contributed by atoms with Crippen molar-refractivity contribution in [1.82, 2.24) is 4.98 Å². The monoisotopic (exact) mass is 444 g/mol. The summed E-state index contributed by atoms with van der Waals surface area (Å²) in [7, 11) is 0. The van der Waals surface area contributed by atoms with Crippen LogP contribution in [-0.4, -0.2) is 16.0 Å². The van der Waals surface area contributed by atoms with Gasteiger partial charge in [-0.05, 0) is 66.4 Å². The molecule has 2 aromatic carbocycles. The molecule has 1 aliphatic rings. The SMILES string of the molecule is O=C(Nc1ccc(F)cc1)C1(c2ccc(-c3ccc(C(F)(F)F)cc3CO)cn2)CCC1. The Balaban J connectivity index is 1.60. The van der Waals surface area contributed by atoms with E-state index in [0.717, 1.165) is 18.6 Å². The lowest BCUT2D eigenvalue weighted by atomic mass is 9.65. The number of benzene rings is 2. The molecule has 1 heterocycles. The third kappa shape index (κ3) is 4.10. The molecule has 0 spiro atoms. The summed E-state index contributed by atoms with van der Waals surface area (Å²) in [6.45, 7) is -0.551. The number of amides is 1. The summed E-state index contributed by atoms with van der Waals surface area (Å²) in [6, 6.07) is 12.1. The second-order valence-corrected chi connectivity index (χ2v) is 7.86. The van der Waals surface area contributed by atoms with Gasteiger partial charge in [-0.25, -0.2) is 4.39 Å². The van der Waals surface area contributed by atoms with Crippen molar-refractivity contribution in [2.45, 2.75) is 37.5 Å². The predicted octanol–water partition coefficient (Wildman–Crippen LogP) is 5.46. The first-order valence-corrected chi connectivity index (χ1v) is 10.1. The fourth-order valence-electron chi connectivity index (χ4n) is 3.93. The summed E-state index contributed by atoms with van der Waals surface area (Å²) in [4.78, 5) is 17.5. The summed E-state index contributed by atoms with van der Waals surface area (Å²) < 4.78 is 52.0. The van der Waals surface area contributed by atoms with E-state index in [1.54, 1.807) is 12.1 Å². The normalized spacial score (nSPS) is 15.2. The van der Waals surface area contributed by atoms with Crippen LogP contribution >= 0.6 is 0 Å². The van der Waals surface area contributed by atoms with Crippen molar-refractivity contribution in [2.75, 3.05) is 5.32 Å². The van der Waals surface area contributed by atoms with Gasteiger partial charge in [-0.1, -0.05) is 18.6 Å². The number of carbonyl (C=O) groups excluding carboxylic acids is 1. The molecule has 1 aliphatic carbocycles. The molecule has 1 aromatic heterocycles. The second-order valence-electron chi connectivity index (χ2n) is 7.86. The van der Waals surface area contributed by atoms with Crippen LogP contribution in [0.4, 0.5) is 23.2 Å². The van der Waals surface area contributed by atoms with E-state index in [9.17, 15) is 27.5 Å². The van der Waals surface area contributed by atoms with E-state index in [4.69, 9.17) is 0 Å². The number of aliphatic hydroxyl groups excluding tert-OH is 1. The summed E-state index contributed by atoms with van der Waals surface area (Å²) in [5, 5.41) is 12.4. The van der Waals surface area contributed by atoms with Crippen LogP contribution in [0, 0.1) is 5.82 Å². The Morgan fingerprint density at radius 1 is 1.06 bits per heavy atom. The Kier molecular flexibility index (Phi) is 5.73. The molecular formula is C24H20F4N2O2. The van der Waals surface area contributed by atoms with Crippen LogP contribution in [0.1, 0.15) is 36.1 Å². The predicted molar refractivity (Wildman–Crippen MR) is 111 cm³/mol. The zero-order chi connectivity index (χ0) is 22.9. The van der Waals surface area contributed by atoms with Gasteiger partial charge in [-0.2, -0.15) is 13.2 Å². The van der Waals surface area contributed by atoms with Crippen molar-refractivity contribution in [2.24, 2.45) is 0 Å². The third-order valence-electron chi connectivity index (χ3n) is 5.91. The number of nitrogens with one attached hydrogen (secondary N) is 1. The van der Waals surface area contributed by atoms with E-state index < -0.39 is 29.6 Å². The Morgan fingerprint density at radius 3 is 2.31 bits per heavy atom. The average molecular weight is 444 g/mol. The Hall–Kier alpha value is -3.26. The molecule has 4 nitrogen and oxygen atoms in total. The number of carbonyl (C=O) groups is 1. The number of halogens is 4. The Morgan fingerprint density at radius 2 is 1.78 bits per heavy atom. The lowest BCUT2D eigenvalue weighted by Gasteiger charge is -2.39. The molecule has 2 N–H and O–H groups in total. The highest BCUT2D eigenvalue weighted by Gasteiger charge is 2.47. The fourth-order valence-corrected chi connectivity index (χ4v) is 3.93. The highest BCUT2D eigenvalue weighted by molar-refractivity contribution is 5.99. The Bertz CT molecular complexity index is 1120. The summed E-state index contributed by atoms with van der Waals surface area (Å²) >= 11 is 0. The van der Waals surface area contributed by atoms with E-state index in [2.05, 4.69) is 10.3 Å². The molecule has 3 aromatic rings. The van der Waals surface area contributed by atoms with Crippen LogP contribution in [-0.2, 0) is 23.0 Å². The minimum absolute atomic E-state index is 0.141. The van der Waals surface area contributed by atoms with Gasteiger partial charge in [0.1, 0.15) is 5.82 Å². The summed E-state index contributed by atoms with van der Waals surface area (Å²) in [6.07, 6.45) is -0.932. The van der Waals surface area contributed by atoms with Crippen molar-refractivity contribution in [1.29, 1.82) is 0 Å². The van der Waals surface area contributed by atoms with Crippen LogP contribution in [0.2, 0.25) is 0 Å². The van der Waals surface area contributed by atoms with Crippen LogP contribution in [0.25, 0.3) is 11.1 Å². The zero-order valence-electron chi connectivity index (χ0n) is 16.9. The number of pyridine rings is 1. The first kappa shape index (κ1) is 22.0. The van der Waals surface area contributed by atoms with Gasteiger partial charge in [0.25, 0.3) is 0 Å². The molecular weight excluding hydrogens is 424 g/mol. The van der Waals surface area contributed by atoms with Crippen molar-refractivity contribution >= 4 is 11.6 Å². The molecule has 4 rings (SSSR count). The smallest absolute Gasteiger partial charge is 0.392 e. The summed E-state index contributed by atoms with van der Waals surface area (Å²) in [5.74, 6) is -0.634. The highest BCUT2D eigenvalue weighted by atomic mass is 19.4. The van der Waals surface area contributed by atoms with Gasteiger partial charge in [-0.3, -0.25) is 9.78 Å². The molecule has 1 fully saturated rings. The fraction of sp³-hybridized carbons (Fsp3) is 0.250. The standard InChI is InChI=1S/C24H20F4N2O2/c25-18-4-6-19(7-5-18)30-22(32)23(10-1-11-23)21-9-2-15(13-29-21)20-8-3-17(24(26,27)28)12-16(20)14-31/h2-9,12-13,31H,1,10-11,14H2,(H,30,32). The minimum atomic E-state index is -4.50. The van der Waals surface area contributed by atoms with Gasteiger partial charge in [-0.15, -0.1) is 0 Å². The highest BCUT2D eigenvalue weighted by Crippen LogP contribution is 2.44. The first-order chi connectivity index (χ1) is 15.2.